The number of aromatic nitrogens is 3. The molecule has 2 heterocycles. The highest BCUT2D eigenvalue weighted by molar-refractivity contribution is 9.10. The lowest BCUT2D eigenvalue weighted by molar-refractivity contribution is -0.120. The Labute approximate surface area is 194 Å². The summed E-state index contributed by atoms with van der Waals surface area (Å²) in [5, 5.41) is 9.34. The Morgan fingerprint density at radius 1 is 1.19 bits per heavy atom. The summed E-state index contributed by atoms with van der Waals surface area (Å²) in [6.45, 7) is 6.14. The molecule has 0 unspecified atom stereocenters. The first-order valence-electron chi connectivity index (χ1n) is 10.2. The average Bonchev–Trinajstić information content (AvgIpc) is 2.91. The number of anilines is 1. The molecular formula is C23H23BrN4O2S. The number of para-hydroxylation sites is 1. The molecule has 1 atom stereocenters. The van der Waals surface area contributed by atoms with Crippen molar-refractivity contribution >= 4 is 39.3 Å². The summed E-state index contributed by atoms with van der Waals surface area (Å²) in [7, 11) is 0. The van der Waals surface area contributed by atoms with Gasteiger partial charge in [0.2, 0.25) is 23.2 Å². The van der Waals surface area contributed by atoms with Gasteiger partial charge in [-0.3, -0.25) is 9.69 Å². The van der Waals surface area contributed by atoms with Crippen LogP contribution in [0, 0.1) is 5.92 Å². The quantitative estimate of drug-likeness (QED) is 0.408. The van der Waals surface area contributed by atoms with Crippen molar-refractivity contribution in [1.29, 1.82) is 0 Å². The summed E-state index contributed by atoms with van der Waals surface area (Å²) in [5.41, 5.74) is 2.89. The number of thioether (sulfide) groups is 1. The van der Waals surface area contributed by atoms with Gasteiger partial charge in [0.1, 0.15) is 0 Å². The zero-order valence-corrected chi connectivity index (χ0v) is 20.0. The standard InChI is InChI=1S/C23H23BrN4O2S/c1-4-19(29)28-18-11-6-5-10-17(18)20-21(25-23(27-26-20)31-13-14(2)3)30-22(28)15-8-7-9-16(24)12-15/h5-12,14,22H,4,13H2,1-3H3/t22-/m0/s1. The summed E-state index contributed by atoms with van der Waals surface area (Å²) >= 11 is 5.08. The maximum Gasteiger partial charge on any atom is 0.247 e. The molecule has 8 heteroatoms. The molecule has 0 spiro atoms. The largest absolute Gasteiger partial charge is 0.447 e. The lowest BCUT2D eigenvalue weighted by Gasteiger charge is -2.30. The third-order valence-electron chi connectivity index (χ3n) is 4.76. The van der Waals surface area contributed by atoms with E-state index in [-0.39, 0.29) is 5.91 Å². The highest BCUT2D eigenvalue weighted by Gasteiger charge is 2.35. The molecule has 0 N–H and O–H groups in total. The van der Waals surface area contributed by atoms with E-state index < -0.39 is 6.23 Å². The van der Waals surface area contributed by atoms with Crippen molar-refractivity contribution < 1.29 is 9.53 Å². The first-order valence-corrected chi connectivity index (χ1v) is 12.0. The Morgan fingerprint density at radius 3 is 2.74 bits per heavy atom. The summed E-state index contributed by atoms with van der Waals surface area (Å²) in [4.78, 5) is 19.5. The van der Waals surface area contributed by atoms with E-state index in [1.165, 1.54) is 0 Å². The zero-order valence-electron chi connectivity index (χ0n) is 17.6. The molecular weight excluding hydrogens is 476 g/mol. The van der Waals surface area contributed by atoms with Crippen LogP contribution < -0.4 is 9.64 Å². The Balaban J connectivity index is 1.89. The second-order valence-corrected chi connectivity index (χ2v) is 9.52. The van der Waals surface area contributed by atoms with Crippen LogP contribution in [0.1, 0.15) is 39.0 Å². The number of rotatable bonds is 5. The van der Waals surface area contributed by atoms with Crippen LogP contribution in [0.5, 0.6) is 5.88 Å². The van der Waals surface area contributed by atoms with Crippen molar-refractivity contribution in [1.82, 2.24) is 15.2 Å². The van der Waals surface area contributed by atoms with E-state index in [9.17, 15) is 4.79 Å². The monoisotopic (exact) mass is 498 g/mol. The fourth-order valence-electron chi connectivity index (χ4n) is 3.33. The van der Waals surface area contributed by atoms with Gasteiger partial charge >= 0.3 is 0 Å². The molecule has 0 saturated carbocycles. The highest BCUT2D eigenvalue weighted by Crippen LogP contribution is 2.43. The molecule has 31 heavy (non-hydrogen) atoms. The predicted octanol–water partition coefficient (Wildman–Crippen LogP) is 5.88. The fraction of sp³-hybridized carbons (Fsp3) is 0.304. The van der Waals surface area contributed by atoms with E-state index in [1.807, 2.05) is 55.5 Å². The van der Waals surface area contributed by atoms with Crippen LogP contribution in [0.3, 0.4) is 0 Å². The van der Waals surface area contributed by atoms with Crippen LogP contribution in [0.2, 0.25) is 0 Å². The number of carbonyl (C=O) groups excluding carboxylic acids is 1. The molecule has 4 rings (SSSR count). The van der Waals surface area contributed by atoms with Crippen molar-refractivity contribution in [2.75, 3.05) is 10.7 Å². The van der Waals surface area contributed by atoms with Gasteiger partial charge in [-0.15, -0.1) is 10.2 Å². The van der Waals surface area contributed by atoms with Crippen molar-refractivity contribution in [3.8, 4) is 17.1 Å². The van der Waals surface area contributed by atoms with Gasteiger partial charge in [-0.25, -0.2) is 0 Å². The van der Waals surface area contributed by atoms with Crippen LogP contribution in [0.15, 0.2) is 58.2 Å². The number of benzene rings is 2. The predicted molar refractivity (Wildman–Crippen MR) is 126 cm³/mol. The van der Waals surface area contributed by atoms with Gasteiger partial charge in [0.15, 0.2) is 5.69 Å². The highest BCUT2D eigenvalue weighted by atomic mass is 79.9. The molecule has 0 aliphatic carbocycles. The van der Waals surface area contributed by atoms with Crippen molar-refractivity contribution in [2.24, 2.45) is 5.92 Å². The number of amides is 1. The van der Waals surface area contributed by atoms with E-state index >= 15 is 0 Å². The minimum absolute atomic E-state index is 0.0485. The molecule has 0 bridgehead atoms. The number of ether oxygens (including phenoxy) is 1. The summed E-state index contributed by atoms with van der Waals surface area (Å²) in [6, 6.07) is 15.4. The zero-order chi connectivity index (χ0) is 22.0. The van der Waals surface area contributed by atoms with Crippen molar-refractivity contribution in [2.45, 2.75) is 38.6 Å². The third kappa shape index (κ3) is 4.60. The third-order valence-corrected chi connectivity index (χ3v) is 6.52. The Morgan fingerprint density at radius 2 is 2.00 bits per heavy atom. The van der Waals surface area contributed by atoms with Gasteiger partial charge in [0.25, 0.3) is 0 Å². The summed E-state index contributed by atoms with van der Waals surface area (Å²) in [5.74, 6) is 1.71. The van der Waals surface area contributed by atoms with E-state index in [0.717, 1.165) is 27.0 Å². The van der Waals surface area contributed by atoms with E-state index in [1.54, 1.807) is 16.7 Å². The van der Waals surface area contributed by atoms with Gasteiger partial charge in [-0.2, -0.15) is 4.98 Å². The van der Waals surface area contributed by atoms with Crippen molar-refractivity contribution in [3.05, 3.63) is 58.6 Å². The topological polar surface area (TPSA) is 68.2 Å². The maximum absolute atomic E-state index is 13.1. The molecule has 0 saturated heterocycles. The Kier molecular flexibility index (Phi) is 6.57. The lowest BCUT2D eigenvalue weighted by Crippen LogP contribution is -2.37. The van der Waals surface area contributed by atoms with Gasteiger partial charge in [0.05, 0.1) is 5.69 Å². The first-order chi connectivity index (χ1) is 15.0. The summed E-state index contributed by atoms with van der Waals surface area (Å²) in [6.07, 6.45) is -0.334. The number of carbonyl (C=O) groups is 1. The molecule has 1 aromatic heterocycles. The lowest BCUT2D eigenvalue weighted by atomic mass is 10.1. The molecule has 0 radical (unpaired) electrons. The number of fused-ring (bicyclic) bond motifs is 3. The number of hydrogen-bond acceptors (Lipinski definition) is 6. The molecule has 160 valence electrons. The van der Waals surface area contributed by atoms with Crippen molar-refractivity contribution in [3.63, 3.8) is 0 Å². The van der Waals surface area contributed by atoms with E-state index in [0.29, 0.717) is 29.1 Å². The van der Waals surface area contributed by atoms with Crippen LogP contribution in [-0.4, -0.2) is 26.8 Å². The number of hydrogen-bond donors (Lipinski definition) is 0. The minimum Gasteiger partial charge on any atom is -0.447 e. The van der Waals surface area contributed by atoms with E-state index in [2.05, 4.69) is 45.0 Å². The van der Waals surface area contributed by atoms with Crippen LogP contribution in [0.25, 0.3) is 11.3 Å². The van der Waals surface area contributed by atoms with Gasteiger partial charge < -0.3 is 4.74 Å². The smallest absolute Gasteiger partial charge is 0.247 e. The van der Waals surface area contributed by atoms with E-state index in [4.69, 9.17) is 4.74 Å². The molecule has 1 aliphatic heterocycles. The number of halogens is 1. The fourth-order valence-corrected chi connectivity index (χ4v) is 4.48. The number of nitrogens with zero attached hydrogens (tertiary/aromatic N) is 4. The molecule has 0 fully saturated rings. The Hall–Kier alpha value is -2.45. The van der Waals surface area contributed by atoms with Crippen LogP contribution in [0.4, 0.5) is 5.69 Å². The molecule has 1 amide bonds. The van der Waals surface area contributed by atoms with Crippen LogP contribution >= 0.6 is 27.7 Å². The summed E-state index contributed by atoms with van der Waals surface area (Å²) < 4.78 is 7.33. The van der Waals surface area contributed by atoms with Gasteiger partial charge in [0, 0.05) is 27.8 Å². The minimum atomic E-state index is -0.674. The Bertz CT molecular complexity index is 1110. The average molecular weight is 499 g/mol. The second kappa shape index (κ2) is 9.36. The maximum atomic E-state index is 13.1. The molecule has 1 aliphatic rings. The van der Waals surface area contributed by atoms with Gasteiger partial charge in [-0.05, 0) is 24.1 Å². The molecule has 2 aromatic carbocycles. The van der Waals surface area contributed by atoms with Gasteiger partial charge in [-0.1, -0.05) is 78.8 Å². The SMILES string of the molecule is CCC(=O)N1c2ccccc2-c2nnc(SCC(C)C)nc2O[C@H]1c1cccc(Br)c1. The second-order valence-electron chi connectivity index (χ2n) is 7.61. The molecule has 6 nitrogen and oxygen atoms in total. The molecule has 3 aromatic rings. The van der Waals surface area contributed by atoms with Crippen LogP contribution in [-0.2, 0) is 4.79 Å². The normalized spacial score (nSPS) is 15.1. The first kappa shape index (κ1) is 21.8.